The van der Waals surface area contributed by atoms with Gasteiger partial charge in [-0.25, -0.2) is 0 Å². The van der Waals surface area contributed by atoms with Gasteiger partial charge in [-0.2, -0.15) is 5.26 Å². The van der Waals surface area contributed by atoms with E-state index in [0.29, 0.717) is 12.1 Å². The first-order valence-corrected chi connectivity index (χ1v) is 8.06. The molecular weight excluding hydrogens is 236 g/mol. The fourth-order valence-corrected chi connectivity index (χ4v) is 4.09. The average Bonchev–Trinajstić information content (AvgIpc) is 2.98. The smallest absolute Gasteiger partial charge is 0.0672 e. The molecule has 0 heterocycles. The number of nitriles is 1. The van der Waals surface area contributed by atoms with E-state index in [1.54, 1.807) is 0 Å². The second-order valence-corrected chi connectivity index (χ2v) is 6.29. The van der Waals surface area contributed by atoms with Gasteiger partial charge in [-0.05, 0) is 38.0 Å². The van der Waals surface area contributed by atoms with Crippen molar-refractivity contribution >= 4 is 0 Å². The van der Waals surface area contributed by atoms with Gasteiger partial charge in [0.25, 0.3) is 0 Å². The standard InChI is InChI=1S/C16H28N2O/c1-2-13-7-8-14(12-17)16(11-13)18(9-10-19)15-5-3-4-6-15/h13-16,19H,2-11H2,1H3. The van der Waals surface area contributed by atoms with Gasteiger partial charge in [0, 0.05) is 18.6 Å². The Labute approximate surface area is 117 Å². The van der Waals surface area contributed by atoms with Crippen molar-refractivity contribution in [2.45, 2.75) is 70.4 Å². The molecule has 108 valence electrons. The van der Waals surface area contributed by atoms with Crippen molar-refractivity contribution in [1.82, 2.24) is 4.90 Å². The predicted octanol–water partition coefficient (Wildman–Crippen LogP) is 2.94. The van der Waals surface area contributed by atoms with Crippen LogP contribution in [0.15, 0.2) is 0 Å². The summed E-state index contributed by atoms with van der Waals surface area (Å²) in [7, 11) is 0. The van der Waals surface area contributed by atoms with E-state index in [0.717, 1.165) is 25.3 Å². The molecule has 19 heavy (non-hydrogen) atoms. The van der Waals surface area contributed by atoms with E-state index in [-0.39, 0.29) is 12.5 Å². The Morgan fingerprint density at radius 2 is 1.95 bits per heavy atom. The van der Waals surface area contributed by atoms with Crippen LogP contribution in [0.25, 0.3) is 0 Å². The van der Waals surface area contributed by atoms with Crippen molar-refractivity contribution in [3.8, 4) is 6.07 Å². The fraction of sp³-hybridized carbons (Fsp3) is 0.938. The Bertz CT molecular complexity index is 306. The topological polar surface area (TPSA) is 47.3 Å². The first kappa shape index (κ1) is 14.8. The van der Waals surface area contributed by atoms with Crippen LogP contribution in [-0.4, -0.2) is 35.2 Å². The zero-order valence-electron chi connectivity index (χ0n) is 12.2. The zero-order valence-corrected chi connectivity index (χ0v) is 12.2. The number of nitrogens with zero attached hydrogens (tertiary/aromatic N) is 2. The first-order chi connectivity index (χ1) is 9.30. The van der Waals surface area contributed by atoms with Crippen molar-refractivity contribution in [3.63, 3.8) is 0 Å². The molecule has 0 radical (unpaired) electrons. The fourth-order valence-electron chi connectivity index (χ4n) is 4.09. The molecule has 0 bridgehead atoms. The molecule has 3 atom stereocenters. The van der Waals surface area contributed by atoms with Gasteiger partial charge in [0.1, 0.15) is 0 Å². The maximum atomic E-state index is 9.44. The monoisotopic (exact) mass is 264 g/mol. The van der Waals surface area contributed by atoms with Crippen LogP contribution < -0.4 is 0 Å². The second-order valence-electron chi connectivity index (χ2n) is 6.29. The molecule has 0 aromatic rings. The first-order valence-electron chi connectivity index (χ1n) is 8.06. The predicted molar refractivity (Wildman–Crippen MR) is 76.6 cm³/mol. The molecule has 0 aliphatic heterocycles. The summed E-state index contributed by atoms with van der Waals surface area (Å²) < 4.78 is 0. The maximum absolute atomic E-state index is 9.44. The van der Waals surface area contributed by atoms with Crippen molar-refractivity contribution in [2.24, 2.45) is 11.8 Å². The highest BCUT2D eigenvalue weighted by atomic mass is 16.3. The minimum atomic E-state index is 0.176. The number of rotatable bonds is 5. The lowest BCUT2D eigenvalue weighted by atomic mass is 9.76. The largest absolute Gasteiger partial charge is 0.395 e. The molecule has 2 fully saturated rings. The minimum absolute atomic E-state index is 0.176. The Morgan fingerprint density at radius 1 is 1.21 bits per heavy atom. The maximum Gasteiger partial charge on any atom is 0.0672 e. The lowest BCUT2D eigenvalue weighted by Gasteiger charge is -2.43. The van der Waals surface area contributed by atoms with Crippen LogP contribution in [-0.2, 0) is 0 Å². The van der Waals surface area contributed by atoms with Crippen molar-refractivity contribution in [1.29, 1.82) is 5.26 Å². The van der Waals surface area contributed by atoms with Gasteiger partial charge in [0.2, 0.25) is 0 Å². The third-order valence-corrected chi connectivity index (χ3v) is 5.25. The molecule has 2 saturated carbocycles. The van der Waals surface area contributed by atoms with Crippen molar-refractivity contribution in [2.75, 3.05) is 13.2 Å². The summed E-state index contributed by atoms with van der Waals surface area (Å²) in [5.41, 5.74) is 0. The van der Waals surface area contributed by atoms with E-state index in [9.17, 15) is 10.4 Å². The zero-order chi connectivity index (χ0) is 13.7. The van der Waals surface area contributed by atoms with Gasteiger partial charge in [0.05, 0.1) is 18.6 Å². The Hall–Kier alpha value is -0.590. The number of aliphatic hydroxyl groups is 1. The molecule has 2 aliphatic rings. The van der Waals surface area contributed by atoms with Gasteiger partial charge in [0.15, 0.2) is 0 Å². The molecular formula is C16H28N2O. The molecule has 0 spiro atoms. The second kappa shape index (κ2) is 7.26. The summed E-state index contributed by atoms with van der Waals surface area (Å²) in [6.45, 7) is 3.24. The Kier molecular flexibility index (Phi) is 5.66. The van der Waals surface area contributed by atoms with Crippen LogP contribution >= 0.6 is 0 Å². The van der Waals surface area contributed by atoms with Crippen LogP contribution in [0.4, 0.5) is 0 Å². The molecule has 3 heteroatoms. The number of hydrogen-bond acceptors (Lipinski definition) is 3. The molecule has 0 aromatic carbocycles. The van der Waals surface area contributed by atoms with Crippen molar-refractivity contribution in [3.05, 3.63) is 0 Å². The Balaban J connectivity index is 2.09. The number of aliphatic hydroxyl groups excluding tert-OH is 1. The Morgan fingerprint density at radius 3 is 2.53 bits per heavy atom. The average molecular weight is 264 g/mol. The van der Waals surface area contributed by atoms with Gasteiger partial charge < -0.3 is 5.11 Å². The summed E-state index contributed by atoms with van der Waals surface area (Å²) in [6, 6.07) is 3.54. The highest BCUT2D eigenvalue weighted by Crippen LogP contribution is 2.37. The third-order valence-electron chi connectivity index (χ3n) is 5.25. The molecule has 0 saturated heterocycles. The van der Waals surface area contributed by atoms with E-state index in [2.05, 4.69) is 17.9 Å². The summed E-state index contributed by atoms with van der Waals surface area (Å²) in [5, 5.41) is 18.8. The summed E-state index contributed by atoms with van der Waals surface area (Å²) in [6.07, 6.45) is 9.78. The minimum Gasteiger partial charge on any atom is -0.395 e. The molecule has 0 amide bonds. The lowest BCUT2D eigenvalue weighted by Crippen LogP contribution is -2.49. The van der Waals surface area contributed by atoms with Gasteiger partial charge in [-0.15, -0.1) is 0 Å². The van der Waals surface area contributed by atoms with Gasteiger partial charge >= 0.3 is 0 Å². The molecule has 0 aromatic heterocycles. The quantitative estimate of drug-likeness (QED) is 0.830. The summed E-state index contributed by atoms with van der Waals surface area (Å²) in [4.78, 5) is 2.49. The van der Waals surface area contributed by atoms with E-state index >= 15 is 0 Å². The number of hydrogen-bond donors (Lipinski definition) is 1. The third kappa shape index (κ3) is 3.49. The normalized spacial score (nSPS) is 32.6. The van der Waals surface area contributed by atoms with E-state index in [1.807, 2.05) is 0 Å². The highest BCUT2D eigenvalue weighted by molar-refractivity contribution is 4.99. The van der Waals surface area contributed by atoms with E-state index in [1.165, 1.54) is 38.5 Å². The van der Waals surface area contributed by atoms with Crippen LogP contribution in [0, 0.1) is 23.2 Å². The highest BCUT2D eigenvalue weighted by Gasteiger charge is 2.37. The molecule has 3 nitrogen and oxygen atoms in total. The molecule has 2 rings (SSSR count). The van der Waals surface area contributed by atoms with Crippen LogP contribution in [0.1, 0.15) is 58.3 Å². The van der Waals surface area contributed by atoms with Crippen molar-refractivity contribution < 1.29 is 5.11 Å². The lowest BCUT2D eigenvalue weighted by molar-refractivity contribution is 0.0473. The summed E-state index contributed by atoms with van der Waals surface area (Å²) >= 11 is 0. The molecule has 1 N–H and O–H groups in total. The van der Waals surface area contributed by atoms with Crippen LogP contribution in [0.5, 0.6) is 0 Å². The van der Waals surface area contributed by atoms with Crippen LogP contribution in [0.3, 0.4) is 0 Å². The van der Waals surface area contributed by atoms with Gasteiger partial charge in [-0.3, -0.25) is 4.90 Å². The van der Waals surface area contributed by atoms with E-state index < -0.39 is 0 Å². The van der Waals surface area contributed by atoms with Gasteiger partial charge in [-0.1, -0.05) is 26.2 Å². The molecule has 3 unspecified atom stereocenters. The van der Waals surface area contributed by atoms with Crippen LogP contribution in [0.2, 0.25) is 0 Å². The molecule has 2 aliphatic carbocycles. The SMILES string of the molecule is CCC1CCC(C#N)C(N(CCO)C2CCCC2)C1. The summed E-state index contributed by atoms with van der Waals surface area (Å²) in [5.74, 6) is 0.951. The van der Waals surface area contributed by atoms with E-state index in [4.69, 9.17) is 0 Å².